The number of anilines is 1. The molecule has 4 nitrogen and oxygen atoms in total. The molecule has 0 spiro atoms. The van der Waals surface area contributed by atoms with Crippen molar-refractivity contribution in [2.24, 2.45) is 0 Å². The third-order valence-corrected chi connectivity index (χ3v) is 2.89. The molecule has 0 amide bonds. The third kappa shape index (κ3) is 1.93. The Kier molecular flexibility index (Phi) is 2.49. The Hall–Kier alpha value is -2.75. The van der Waals surface area contributed by atoms with Crippen LogP contribution in [0.5, 0.6) is 5.75 Å². The van der Waals surface area contributed by atoms with Crippen LogP contribution in [-0.2, 0) is 0 Å². The molecule has 94 valence electrons. The second kappa shape index (κ2) is 4.17. The van der Waals surface area contributed by atoms with Gasteiger partial charge in [-0.2, -0.15) is 0 Å². The highest BCUT2D eigenvalue weighted by atomic mass is 16.3. The van der Waals surface area contributed by atoms with Gasteiger partial charge in [-0.3, -0.25) is 4.79 Å². The second-order valence-corrected chi connectivity index (χ2v) is 4.25. The maximum absolute atomic E-state index is 12.0. The highest BCUT2D eigenvalue weighted by Crippen LogP contribution is 2.28. The summed E-state index contributed by atoms with van der Waals surface area (Å²) < 4.78 is 5.65. The molecule has 3 rings (SSSR count). The number of nitrogen functional groups attached to an aromatic ring is 1. The lowest BCUT2D eigenvalue weighted by Gasteiger charge is -2.05. The number of phenols is 1. The van der Waals surface area contributed by atoms with Crippen molar-refractivity contribution in [2.45, 2.75) is 0 Å². The maximum Gasteiger partial charge on any atom is 0.197 e. The summed E-state index contributed by atoms with van der Waals surface area (Å²) in [6.07, 6.45) is 0. The summed E-state index contributed by atoms with van der Waals surface area (Å²) in [6, 6.07) is 13.5. The average molecular weight is 253 g/mol. The fourth-order valence-corrected chi connectivity index (χ4v) is 2.03. The van der Waals surface area contributed by atoms with E-state index < -0.39 is 0 Å². The lowest BCUT2D eigenvalue weighted by molar-refractivity contribution is 0.480. The van der Waals surface area contributed by atoms with Crippen LogP contribution < -0.4 is 11.2 Å². The van der Waals surface area contributed by atoms with Gasteiger partial charge in [0.05, 0.1) is 0 Å². The van der Waals surface area contributed by atoms with E-state index in [-0.39, 0.29) is 22.1 Å². The van der Waals surface area contributed by atoms with Crippen LogP contribution in [0.2, 0.25) is 0 Å². The third-order valence-electron chi connectivity index (χ3n) is 2.89. The van der Waals surface area contributed by atoms with E-state index >= 15 is 0 Å². The monoisotopic (exact) mass is 253 g/mol. The summed E-state index contributed by atoms with van der Waals surface area (Å²) >= 11 is 0. The Morgan fingerprint density at radius 2 is 1.79 bits per heavy atom. The lowest BCUT2D eigenvalue weighted by atomic mass is 10.1. The van der Waals surface area contributed by atoms with E-state index in [1.807, 2.05) is 30.3 Å². The lowest BCUT2D eigenvalue weighted by Crippen LogP contribution is -2.01. The smallest absolute Gasteiger partial charge is 0.197 e. The van der Waals surface area contributed by atoms with Gasteiger partial charge in [0.25, 0.3) is 0 Å². The molecule has 0 bridgehead atoms. The van der Waals surface area contributed by atoms with E-state index in [0.717, 1.165) is 5.56 Å². The molecule has 3 N–H and O–H groups in total. The van der Waals surface area contributed by atoms with Crippen molar-refractivity contribution in [1.29, 1.82) is 0 Å². The van der Waals surface area contributed by atoms with Gasteiger partial charge in [-0.25, -0.2) is 0 Å². The first kappa shape index (κ1) is 11.3. The van der Waals surface area contributed by atoms with Crippen molar-refractivity contribution in [2.75, 3.05) is 5.73 Å². The molecule has 2 aromatic carbocycles. The van der Waals surface area contributed by atoms with Crippen LogP contribution in [0.15, 0.2) is 57.7 Å². The Labute approximate surface area is 108 Å². The standard InChI is InChI=1S/C15H11NO3/c16-10-6-11(17)15-12(18)8-13(19-14(15)7-10)9-4-2-1-3-5-9/h1-8,17H,16H2. The molecule has 0 aliphatic heterocycles. The molecule has 0 aliphatic carbocycles. The van der Waals surface area contributed by atoms with Crippen LogP contribution in [0, 0.1) is 0 Å². The number of benzene rings is 2. The van der Waals surface area contributed by atoms with Crippen LogP contribution in [0.3, 0.4) is 0 Å². The minimum atomic E-state index is -0.294. The van der Waals surface area contributed by atoms with Crippen molar-refractivity contribution in [3.8, 4) is 17.1 Å². The van der Waals surface area contributed by atoms with Crippen molar-refractivity contribution < 1.29 is 9.52 Å². The topological polar surface area (TPSA) is 76.5 Å². The number of nitrogens with two attached hydrogens (primary N) is 1. The molecule has 0 saturated heterocycles. The molecule has 0 atom stereocenters. The average Bonchev–Trinajstić information content (AvgIpc) is 2.38. The van der Waals surface area contributed by atoms with Crippen LogP contribution in [-0.4, -0.2) is 5.11 Å². The molecular weight excluding hydrogens is 242 g/mol. The van der Waals surface area contributed by atoms with Crippen LogP contribution >= 0.6 is 0 Å². The Morgan fingerprint density at radius 3 is 2.53 bits per heavy atom. The maximum atomic E-state index is 12.0. The number of hydrogen-bond donors (Lipinski definition) is 2. The predicted octanol–water partition coefficient (Wildman–Crippen LogP) is 2.75. The number of rotatable bonds is 1. The van der Waals surface area contributed by atoms with Gasteiger partial charge in [-0.15, -0.1) is 0 Å². The number of aromatic hydroxyl groups is 1. The van der Waals surface area contributed by atoms with Crippen molar-refractivity contribution >= 4 is 16.7 Å². The molecule has 1 aromatic heterocycles. The SMILES string of the molecule is Nc1cc(O)c2c(=O)cc(-c3ccccc3)oc2c1. The highest BCUT2D eigenvalue weighted by molar-refractivity contribution is 5.87. The fraction of sp³-hybridized carbons (Fsp3) is 0. The predicted molar refractivity (Wildman–Crippen MR) is 74.0 cm³/mol. The van der Waals surface area contributed by atoms with Crippen molar-refractivity contribution in [1.82, 2.24) is 0 Å². The molecule has 0 unspecified atom stereocenters. The molecule has 0 aliphatic rings. The van der Waals surface area contributed by atoms with Crippen molar-refractivity contribution in [3.63, 3.8) is 0 Å². The Bertz CT molecular complexity index is 807. The minimum absolute atomic E-state index is 0.147. The van der Waals surface area contributed by atoms with E-state index in [9.17, 15) is 9.90 Å². The largest absolute Gasteiger partial charge is 0.507 e. The van der Waals surface area contributed by atoms with E-state index in [1.165, 1.54) is 18.2 Å². The molecule has 0 fully saturated rings. The van der Waals surface area contributed by atoms with Crippen LogP contribution in [0.1, 0.15) is 0 Å². The van der Waals surface area contributed by atoms with E-state index in [4.69, 9.17) is 10.2 Å². The molecule has 3 aromatic rings. The molecule has 19 heavy (non-hydrogen) atoms. The van der Waals surface area contributed by atoms with Gasteiger partial charge in [-0.05, 0) is 0 Å². The zero-order valence-corrected chi connectivity index (χ0v) is 9.96. The first-order chi connectivity index (χ1) is 9.15. The molecular formula is C15H11NO3. The summed E-state index contributed by atoms with van der Waals surface area (Å²) in [4.78, 5) is 12.0. The fourth-order valence-electron chi connectivity index (χ4n) is 2.03. The van der Waals surface area contributed by atoms with Gasteiger partial charge in [-0.1, -0.05) is 30.3 Å². The summed E-state index contributed by atoms with van der Waals surface area (Å²) in [6.45, 7) is 0. The molecule has 4 heteroatoms. The van der Waals surface area contributed by atoms with Gasteiger partial charge in [0.1, 0.15) is 22.5 Å². The zero-order chi connectivity index (χ0) is 13.4. The number of phenolic OH excluding ortho intramolecular Hbond substituents is 1. The number of hydrogen-bond acceptors (Lipinski definition) is 4. The zero-order valence-electron chi connectivity index (χ0n) is 9.96. The summed E-state index contributed by atoms with van der Waals surface area (Å²) in [7, 11) is 0. The molecule has 0 saturated carbocycles. The Morgan fingerprint density at radius 1 is 1.05 bits per heavy atom. The summed E-state index contributed by atoms with van der Waals surface area (Å²) in [5.41, 5.74) is 6.77. The van der Waals surface area contributed by atoms with E-state index in [0.29, 0.717) is 11.4 Å². The Balaban J connectivity index is 2.34. The summed E-state index contributed by atoms with van der Waals surface area (Å²) in [5.74, 6) is 0.284. The first-order valence-corrected chi connectivity index (χ1v) is 5.77. The van der Waals surface area contributed by atoms with E-state index in [1.54, 1.807) is 0 Å². The van der Waals surface area contributed by atoms with Gasteiger partial charge in [0.15, 0.2) is 5.43 Å². The minimum Gasteiger partial charge on any atom is -0.507 e. The quantitative estimate of drug-likeness (QED) is 0.654. The first-order valence-electron chi connectivity index (χ1n) is 5.77. The molecule has 0 radical (unpaired) electrons. The van der Waals surface area contributed by atoms with Gasteiger partial charge >= 0.3 is 0 Å². The molecule has 1 heterocycles. The van der Waals surface area contributed by atoms with Gasteiger partial charge in [0.2, 0.25) is 0 Å². The number of fused-ring (bicyclic) bond motifs is 1. The van der Waals surface area contributed by atoms with Crippen molar-refractivity contribution in [3.05, 3.63) is 58.8 Å². The summed E-state index contributed by atoms with van der Waals surface area (Å²) in [5, 5.41) is 9.90. The van der Waals surface area contributed by atoms with Crippen LogP contribution in [0.4, 0.5) is 5.69 Å². The van der Waals surface area contributed by atoms with E-state index in [2.05, 4.69) is 0 Å². The van der Waals surface area contributed by atoms with Gasteiger partial charge < -0.3 is 15.3 Å². The van der Waals surface area contributed by atoms with Crippen LogP contribution in [0.25, 0.3) is 22.3 Å². The highest BCUT2D eigenvalue weighted by Gasteiger charge is 2.11. The van der Waals surface area contributed by atoms with Gasteiger partial charge in [0, 0.05) is 29.4 Å². The second-order valence-electron chi connectivity index (χ2n) is 4.25. The normalized spacial score (nSPS) is 10.7.